The van der Waals surface area contributed by atoms with Crippen LogP contribution in [-0.4, -0.2) is 59.2 Å². The minimum atomic E-state index is 0.0561. The molecule has 0 aliphatic carbocycles. The topological polar surface area (TPSA) is 57.0 Å². The van der Waals surface area contributed by atoms with Crippen LogP contribution < -0.4 is 0 Å². The van der Waals surface area contributed by atoms with Gasteiger partial charge >= 0.3 is 0 Å². The van der Waals surface area contributed by atoms with E-state index in [0.29, 0.717) is 45.8 Å². The van der Waals surface area contributed by atoms with E-state index in [2.05, 4.69) is 17.0 Å². The minimum Gasteiger partial charge on any atom is -0.468 e. The van der Waals surface area contributed by atoms with Crippen LogP contribution in [0.1, 0.15) is 21.0 Å². The van der Waals surface area contributed by atoms with Crippen molar-refractivity contribution in [2.45, 2.75) is 13.1 Å². The average Bonchev–Trinajstić information content (AvgIpc) is 3.48. The molecule has 1 aliphatic rings. The number of hydrogen-bond donors (Lipinski definition) is 0. The van der Waals surface area contributed by atoms with Crippen molar-refractivity contribution in [3.8, 4) is 0 Å². The van der Waals surface area contributed by atoms with Crippen molar-refractivity contribution < 1.29 is 14.0 Å². The molecule has 3 heterocycles. The number of carbonyl (C=O) groups excluding carboxylic acids is 2. The summed E-state index contributed by atoms with van der Waals surface area (Å²) in [5, 5.41) is 1.91. The average molecular weight is 424 g/mol. The van der Waals surface area contributed by atoms with Gasteiger partial charge in [-0.2, -0.15) is 0 Å². The van der Waals surface area contributed by atoms with Crippen molar-refractivity contribution in [3.05, 3.63) is 82.4 Å². The van der Waals surface area contributed by atoms with Crippen molar-refractivity contribution in [2.24, 2.45) is 0 Å². The van der Waals surface area contributed by atoms with Gasteiger partial charge in [0.1, 0.15) is 5.76 Å². The Morgan fingerprint density at radius 3 is 2.33 bits per heavy atom. The molecule has 30 heavy (non-hydrogen) atoms. The first kappa shape index (κ1) is 20.4. The molecule has 2 amide bonds. The molecule has 3 aromatic rings. The molecule has 1 aromatic carbocycles. The minimum absolute atomic E-state index is 0.0561. The Kier molecular flexibility index (Phi) is 6.61. The van der Waals surface area contributed by atoms with Crippen LogP contribution in [-0.2, 0) is 17.9 Å². The van der Waals surface area contributed by atoms with E-state index in [1.807, 2.05) is 57.6 Å². The first-order valence-corrected chi connectivity index (χ1v) is 11.0. The maximum Gasteiger partial charge on any atom is 0.264 e. The lowest BCUT2D eigenvalue weighted by atomic mass is 10.2. The van der Waals surface area contributed by atoms with Crippen LogP contribution in [0, 0.1) is 0 Å². The number of amides is 2. The first-order chi connectivity index (χ1) is 14.7. The van der Waals surface area contributed by atoms with Gasteiger partial charge in [0.25, 0.3) is 5.91 Å². The standard InChI is InChI=1S/C23H25N3O3S/c27-22(25-10-12-26(13-11-25)23(28)21-9-5-15-30-21)18-24(17-20-8-4-14-29-20)16-19-6-2-1-3-7-19/h1-9,14-15H,10-13,16-18H2. The summed E-state index contributed by atoms with van der Waals surface area (Å²) in [5.74, 6) is 0.978. The molecule has 1 saturated heterocycles. The molecule has 0 radical (unpaired) electrons. The van der Waals surface area contributed by atoms with Crippen LogP contribution >= 0.6 is 11.3 Å². The predicted octanol–water partition coefficient (Wildman–Crippen LogP) is 3.33. The number of piperazine rings is 1. The molecule has 1 aliphatic heterocycles. The molecule has 0 bridgehead atoms. The van der Waals surface area contributed by atoms with Crippen LogP contribution in [0.3, 0.4) is 0 Å². The molecule has 0 unspecified atom stereocenters. The third-order valence-corrected chi connectivity index (χ3v) is 6.08. The van der Waals surface area contributed by atoms with Crippen molar-refractivity contribution >= 4 is 23.2 Å². The van der Waals surface area contributed by atoms with Crippen LogP contribution in [0.25, 0.3) is 0 Å². The molecule has 0 atom stereocenters. The Morgan fingerprint density at radius 1 is 0.900 bits per heavy atom. The molecule has 0 N–H and O–H groups in total. The van der Waals surface area contributed by atoms with Crippen molar-refractivity contribution in [2.75, 3.05) is 32.7 Å². The molecule has 2 aromatic heterocycles. The Morgan fingerprint density at radius 2 is 1.67 bits per heavy atom. The zero-order valence-electron chi connectivity index (χ0n) is 16.8. The summed E-state index contributed by atoms with van der Waals surface area (Å²) in [4.78, 5) is 32.0. The van der Waals surface area contributed by atoms with Gasteiger partial charge in [-0.3, -0.25) is 14.5 Å². The van der Waals surface area contributed by atoms with Crippen molar-refractivity contribution in [1.29, 1.82) is 0 Å². The normalized spacial score (nSPS) is 14.3. The Bertz CT molecular complexity index is 934. The number of nitrogens with zero attached hydrogens (tertiary/aromatic N) is 3. The van der Waals surface area contributed by atoms with Gasteiger partial charge in [0.2, 0.25) is 5.91 Å². The second-order valence-corrected chi connectivity index (χ2v) is 8.31. The Hall–Kier alpha value is -2.90. The second-order valence-electron chi connectivity index (χ2n) is 7.36. The van der Waals surface area contributed by atoms with E-state index < -0.39 is 0 Å². The van der Waals surface area contributed by atoms with Crippen LogP contribution in [0.4, 0.5) is 0 Å². The van der Waals surface area contributed by atoms with Gasteiger partial charge in [-0.1, -0.05) is 36.4 Å². The number of hydrogen-bond acceptors (Lipinski definition) is 5. The summed E-state index contributed by atoms with van der Waals surface area (Å²) in [6, 6.07) is 17.7. The van der Waals surface area contributed by atoms with E-state index in [-0.39, 0.29) is 11.8 Å². The lowest BCUT2D eigenvalue weighted by Crippen LogP contribution is -2.52. The van der Waals surface area contributed by atoms with E-state index in [0.717, 1.165) is 16.2 Å². The Balaban J connectivity index is 1.34. The maximum atomic E-state index is 13.0. The molecule has 0 spiro atoms. The van der Waals surface area contributed by atoms with Gasteiger partial charge in [0.15, 0.2) is 0 Å². The fourth-order valence-electron chi connectivity index (χ4n) is 3.64. The SMILES string of the molecule is O=C(CN(Cc1ccccc1)Cc1ccco1)N1CCN(C(=O)c2cccs2)CC1. The quantitative estimate of drug-likeness (QED) is 0.585. The molecule has 0 saturated carbocycles. The summed E-state index contributed by atoms with van der Waals surface area (Å²) in [5.41, 5.74) is 1.16. The highest BCUT2D eigenvalue weighted by molar-refractivity contribution is 7.12. The summed E-state index contributed by atoms with van der Waals surface area (Å²) < 4.78 is 5.49. The molecule has 6 nitrogen and oxygen atoms in total. The second kappa shape index (κ2) is 9.73. The monoisotopic (exact) mass is 423 g/mol. The van der Waals surface area contributed by atoms with E-state index in [1.54, 1.807) is 6.26 Å². The van der Waals surface area contributed by atoms with Gasteiger partial charge < -0.3 is 14.2 Å². The third kappa shape index (κ3) is 5.17. The van der Waals surface area contributed by atoms with E-state index in [9.17, 15) is 9.59 Å². The van der Waals surface area contributed by atoms with E-state index in [1.165, 1.54) is 11.3 Å². The number of carbonyl (C=O) groups is 2. The van der Waals surface area contributed by atoms with Crippen molar-refractivity contribution in [1.82, 2.24) is 14.7 Å². The number of benzene rings is 1. The largest absolute Gasteiger partial charge is 0.468 e. The highest BCUT2D eigenvalue weighted by Crippen LogP contribution is 2.15. The summed E-state index contributed by atoms with van der Waals surface area (Å²) >= 11 is 1.46. The zero-order valence-corrected chi connectivity index (χ0v) is 17.6. The lowest BCUT2D eigenvalue weighted by molar-refractivity contribution is -0.134. The molecular formula is C23H25N3O3S. The summed E-state index contributed by atoms with van der Waals surface area (Å²) in [6.45, 7) is 3.83. The first-order valence-electron chi connectivity index (χ1n) is 10.1. The fraction of sp³-hybridized carbons (Fsp3) is 0.304. The number of furan rings is 1. The van der Waals surface area contributed by atoms with Crippen molar-refractivity contribution in [3.63, 3.8) is 0 Å². The Labute approximate surface area is 180 Å². The zero-order chi connectivity index (χ0) is 20.8. The van der Waals surface area contributed by atoms with E-state index in [4.69, 9.17) is 4.42 Å². The highest BCUT2D eigenvalue weighted by atomic mass is 32.1. The fourth-order valence-corrected chi connectivity index (χ4v) is 4.33. The lowest BCUT2D eigenvalue weighted by Gasteiger charge is -2.35. The summed E-state index contributed by atoms with van der Waals surface area (Å²) in [7, 11) is 0. The highest BCUT2D eigenvalue weighted by Gasteiger charge is 2.26. The number of rotatable bonds is 7. The third-order valence-electron chi connectivity index (χ3n) is 5.22. The van der Waals surface area contributed by atoms with Crippen LogP contribution in [0.5, 0.6) is 0 Å². The van der Waals surface area contributed by atoms with Crippen LogP contribution in [0.2, 0.25) is 0 Å². The molecule has 7 heteroatoms. The van der Waals surface area contributed by atoms with E-state index >= 15 is 0 Å². The molecular weight excluding hydrogens is 398 g/mol. The maximum absolute atomic E-state index is 13.0. The summed E-state index contributed by atoms with van der Waals surface area (Å²) in [6.07, 6.45) is 1.65. The predicted molar refractivity (Wildman–Crippen MR) is 116 cm³/mol. The molecule has 1 fully saturated rings. The van der Waals surface area contributed by atoms with Gasteiger partial charge in [-0.25, -0.2) is 0 Å². The van der Waals surface area contributed by atoms with Gasteiger partial charge in [-0.05, 0) is 29.1 Å². The van der Waals surface area contributed by atoms with Gasteiger partial charge in [-0.15, -0.1) is 11.3 Å². The van der Waals surface area contributed by atoms with Gasteiger partial charge in [0.05, 0.1) is 24.2 Å². The van der Waals surface area contributed by atoms with Crippen LogP contribution in [0.15, 0.2) is 70.7 Å². The van der Waals surface area contributed by atoms with Gasteiger partial charge in [0, 0.05) is 32.7 Å². The molecule has 156 valence electrons. The number of thiophene rings is 1. The smallest absolute Gasteiger partial charge is 0.264 e. The molecule has 4 rings (SSSR count).